The number of hydrogen-bond donors (Lipinski definition) is 1. The molecule has 3 rings (SSSR count). The van der Waals surface area contributed by atoms with E-state index < -0.39 is 0 Å². The summed E-state index contributed by atoms with van der Waals surface area (Å²) in [6.07, 6.45) is 5.21. The van der Waals surface area contributed by atoms with Gasteiger partial charge in [0.15, 0.2) is 0 Å². The molecule has 1 atom stereocenters. The van der Waals surface area contributed by atoms with Gasteiger partial charge in [0, 0.05) is 25.1 Å². The van der Waals surface area contributed by atoms with Crippen molar-refractivity contribution >= 4 is 0 Å². The summed E-state index contributed by atoms with van der Waals surface area (Å²) in [6.45, 7) is 1.25. The van der Waals surface area contributed by atoms with E-state index in [1.54, 1.807) is 0 Å². The van der Waals surface area contributed by atoms with Gasteiger partial charge in [0.05, 0.1) is 12.3 Å². The van der Waals surface area contributed by atoms with Crippen LogP contribution in [0.3, 0.4) is 0 Å². The van der Waals surface area contributed by atoms with Crippen LogP contribution in [-0.2, 0) is 13.0 Å². The molecule has 0 spiro atoms. The molecule has 0 fully saturated rings. The summed E-state index contributed by atoms with van der Waals surface area (Å²) in [5.74, 6) is 1.29. The van der Waals surface area contributed by atoms with Crippen LogP contribution in [0.25, 0.3) is 0 Å². The quantitative estimate of drug-likeness (QED) is 0.897. The molecule has 0 amide bonds. The Balaban J connectivity index is 1.84. The minimum Gasteiger partial charge on any atom is -0.396 e. The Bertz CT molecular complexity index is 519. The summed E-state index contributed by atoms with van der Waals surface area (Å²) < 4.78 is 2.21. The van der Waals surface area contributed by atoms with Crippen molar-refractivity contribution in [3.8, 4) is 0 Å². The highest BCUT2D eigenvalue weighted by atomic mass is 16.3. The second-order valence-electron chi connectivity index (χ2n) is 4.97. The van der Waals surface area contributed by atoms with Gasteiger partial charge in [0.2, 0.25) is 0 Å². The molecule has 0 aliphatic carbocycles. The summed E-state index contributed by atoms with van der Waals surface area (Å²) in [5.41, 5.74) is 2.39. The Morgan fingerprint density at radius 3 is 2.89 bits per heavy atom. The lowest BCUT2D eigenvalue weighted by atomic mass is 10.0. The zero-order valence-electron chi connectivity index (χ0n) is 10.4. The molecule has 3 heteroatoms. The molecule has 0 bridgehead atoms. The van der Waals surface area contributed by atoms with Crippen molar-refractivity contribution in [1.82, 2.24) is 9.55 Å². The highest BCUT2D eigenvalue weighted by molar-refractivity contribution is 5.22. The Hall–Kier alpha value is -1.61. The summed E-state index contributed by atoms with van der Waals surface area (Å²) in [6, 6.07) is 10.4. The molecule has 1 aliphatic heterocycles. The van der Waals surface area contributed by atoms with Gasteiger partial charge >= 0.3 is 0 Å². The van der Waals surface area contributed by atoms with E-state index in [1.807, 2.05) is 6.07 Å². The third kappa shape index (κ3) is 2.18. The molecule has 0 saturated heterocycles. The van der Waals surface area contributed by atoms with Crippen LogP contribution in [0.15, 0.2) is 36.5 Å². The molecule has 1 unspecified atom stereocenters. The molecule has 94 valence electrons. The number of benzene rings is 1. The molecule has 3 nitrogen and oxygen atoms in total. The number of fused-ring (bicyclic) bond motifs is 1. The normalized spacial score (nSPS) is 18.6. The van der Waals surface area contributed by atoms with Gasteiger partial charge in [-0.25, -0.2) is 4.98 Å². The lowest BCUT2D eigenvalue weighted by molar-refractivity contribution is 0.238. The number of hydrogen-bond acceptors (Lipinski definition) is 2. The molecule has 2 aromatic rings. The highest BCUT2D eigenvalue weighted by Crippen LogP contribution is 2.26. The average Bonchev–Trinajstić information content (AvgIpc) is 2.82. The number of aryl methyl sites for hydroxylation is 1. The van der Waals surface area contributed by atoms with Crippen LogP contribution in [-0.4, -0.2) is 21.3 Å². The van der Waals surface area contributed by atoms with Gasteiger partial charge in [0.1, 0.15) is 5.82 Å². The fourth-order valence-corrected chi connectivity index (χ4v) is 2.69. The smallest absolute Gasteiger partial charge is 0.114 e. The Morgan fingerprint density at radius 1 is 1.28 bits per heavy atom. The lowest BCUT2D eigenvalue weighted by Crippen LogP contribution is -2.18. The summed E-state index contributed by atoms with van der Waals surface area (Å²) in [5, 5.41) is 9.38. The third-order valence-electron chi connectivity index (χ3n) is 3.62. The molecule has 1 aromatic carbocycles. The van der Waals surface area contributed by atoms with Crippen molar-refractivity contribution in [3.63, 3.8) is 0 Å². The van der Waals surface area contributed by atoms with Crippen molar-refractivity contribution in [2.75, 3.05) is 6.61 Å². The van der Waals surface area contributed by atoms with Crippen LogP contribution in [0.2, 0.25) is 0 Å². The first kappa shape index (κ1) is 11.5. The van der Waals surface area contributed by atoms with E-state index in [2.05, 4.69) is 35.0 Å². The van der Waals surface area contributed by atoms with Crippen molar-refractivity contribution in [2.24, 2.45) is 0 Å². The Kier molecular flexibility index (Phi) is 3.15. The number of nitrogens with zero attached hydrogens (tertiary/aromatic N) is 2. The maximum Gasteiger partial charge on any atom is 0.114 e. The fraction of sp³-hybridized carbons (Fsp3) is 0.400. The minimum absolute atomic E-state index is 0.210. The SMILES string of the molecule is OCC1CCCn2cc(Cc3ccccc3)nc21. The van der Waals surface area contributed by atoms with Gasteiger partial charge in [-0.1, -0.05) is 30.3 Å². The number of imidazole rings is 1. The maximum absolute atomic E-state index is 9.38. The predicted octanol–water partition coefficient (Wildman–Crippen LogP) is 2.34. The van der Waals surface area contributed by atoms with Crippen molar-refractivity contribution in [2.45, 2.75) is 31.7 Å². The molecule has 18 heavy (non-hydrogen) atoms. The van der Waals surface area contributed by atoms with E-state index in [0.29, 0.717) is 0 Å². The summed E-state index contributed by atoms with van der Waals surface area (Å²) in [7, 11) is 0. The molecule has 1 aromatic heterocycles. The van der Waals surface area contributed by atoms with Gasteiger partial charge in [-0.15, -0.1) is 0 Å². The molecule has 1 N–H and O–H groups in total. The van der Waals surface area contributed by atoms with Crippen LogP contribution in [0.4, 0.5) is 0 Å². The first-order valence-corrected chi connectivity index (χ1v) is 6.57. The van der Waals surface area contributed by atoms with Crippen molar-refractivity contribution in [3.05, 3.63) is 53.6 Å². The number of aliphatic hydroxyl groups excluding tert-OH is 1. The summed E-state index contributed by atoms with van der Waals surface area (Å²) in [4.78, 5) is 4.70. The van der Waals surface area contributed by atoms with Crippen molar-refractivity contribution in [1.29, 1.82) is 0 Å². The Labute approximate surface area is 107 Å². The molecule has 1 aliphatic rings. The third-order valence-corrected chi connectivity index (χ3v) is 3.62. The minimum atomic E-state index is 0.210. The van der Waals surface area contributed by atoms with E-state index in [4.69, 9.17) is 4.98 Å². The molecular formula is C15H18N2O. The van der Waals surface area contributed by atoms with E-state index in [9.17, 15) is 5.11 Å². The zero-order valence-corrected chi connectivity index (χ0v) is 10.4. The highest BCUT2D eigenvalue weighted by Gasteiger charge is 2.22. The van der Waals surface area contributed by atoms with E-state index in [1.165, 1.54) is 5.56 Å². The molecule has 0 saturated carbocycles. The van der Waals surface area contributed by atoms with Crippen molar-refractivity contribution < 1.29 is 5.11 Å². The van der Waals surface area contributed by atoms with Crippen LogP contribution >= 0.6 is 0 Å². The topological polar surface area (TPSA) is 38.0 Å². The van der Waals surface area contributed by atoms with Crippen LogP contribution in [0.1, 0.15) is 35.8 Å². The van der Waals surface area contributed by atoms with Gasteiger partial charge in [-0.3, -0.25) is 0 Å². The second-order valence-corrected chi connectivity index (χ2v) is 4.97. The first-order valence-electron chi connectivity index (χ1n) is 6.57. The standard InChI is InChI=1S/C15H18N2O/c18-11-13-7-4-8-17-10-14(16-15(13)17)9-12-5-2-1-3-6-12/h1-3,5-6,10,13,18H,4,7-9,11H2. The van der Waals surface area contributed by atoms with E-state index in [-0.39, 0.29) is 12.5 Å². The van der Waals surface area contributed by atoms with Crippen LogP contribution in [0.5, 0.6) is 0 Å². The number of rotatable bonds is 3. The zero-order chi connectivity index (χ0) is 12.4. The second kappa shape index (κ2) is 4.94. The fourth-order valence-electron chi connectivity index (χ4n) is 2.69. The van der Waals surface area contributed by atoms with Gasteiger partial charge < -0.3 is 9.67 Å². The molecular weight excluding hydrogens is 224 g/mol. The van der Waals surface area contributed by atoms with E-state index in [0.717, 1.165) is 37.3 Å². The maximum atomic E-state index is 9.38. The number of aromatic nitrogens is 2. The van der Waals surface area contributed by atoms with Gasteiger partial charge in [0.25, 0.3) is 0 Å². The first-order chi connectivity index (χ1) is 8.86. The summed E-state index contributed by atoms with van der Waals surface area (Å²) >= 11 is 0. The average molecular weight is 242 g/mol. The largest absolute Gasteiger partial charge is 0.396 e. The van der Waals surface area contributed by atoms with E-state index >= 15 is 0 Å². The molecule has 2 heterocycles. The monoisotopic (exact) mass is 242 g/mol. The van der Waals surface area contributed by atoms with Crippen LogP contribution in [0, 0.1) is 0 Å². The Morgan fingerprint density at radius 2 is 2.11 bits per heavy atom. The molecule has 0 radical (unpaired) electrons. The van der Waals surface area contributed by atoms with Gasteiger partial charge in [-0.2, -0.15) is 0 Å². The number of aliphatic hydroxyl groups is 1. The lowest BCUT2D eigenvalue weighted by Gasteiger charge is -2.21. The van der Waals surface area contributed by atoms with Gasteiger partial charge in [-0.05, 0) is 18.4 Å². The predicted molar refractivity (Wildman–Crippen MR) is 70.5 cm³/mol. The van der Waals surface area contributed by atoms with Crippen LogP contribution < -0.4 is 0 Å².